The second-order valence-electron chi connectivity index (χ2n) is 6.27. The van der Waals surface area contributed by atoms with E-state index in [-0.39, 0.29) is 0 Å². The van der Waals surface area contributed by atoms with Crippen molar-refractivity contribution in [3.63, 3.8) is 0 Å². The standard InChI is InChI=1S/C19H22ClN5O2S2/c1-12-14(25-11-24-12)9-28-7-5-22-16-17(19(27)18(16)26)23-6-8-29-10-15-13(20)3-2-4-21-15/h2-4,11,22-23H,5-10H2,1H3,(H,24,25). The SMILES string of the molecule is Cc1nc[nH]c1CSCCNc1c(NCCSCc2ncccc2Cl)c(=O)c1=O. The van der Waals surface area contributed by atoms with E-state index in [1.165, 1.54) is 0 Å². The smallest absolute Gasteiger partial charge is 0.253 e. The molecule has 0 saturated carbocycles. The van der Waals surface area contributed by atoms with Crippen molar-refractivity contribution in [2.24, 2.45) is 0 Å². The fourth-order valence-electron chi connectivity index (χ4n) is 2.63. The average molecular weight is 452 g/mol. The number of imidazole rings is 1. The third-order valence-corrected chi connectivity index (χ3v) is 6.56. The predicted octanol–water partition coefficient (Wildman–Crippen LogP) is 3.05. The van der Waals surface area contributed by atoms with Crippen molar-refractivity contribution in [2.45, 2.75) is 18.4 Å². The highest BCUT2D eigenvalue weighted by atomic mass is 35.5. The average Bonchev–Trinajstić information content (AvgIpc) is 3.13. The molecule has 0 aliphatic rings. The summed E-state index contributed by atoms with van der Waals surface area (Å²) in [6.07, 6.45) is 3.41. The Morgan fingerprint density at radius 2 is 1.69 bits per heavy atom. The summed E-state index contributed by atoms with van der Waals surface area (Å²) in [7, 11) is 0. The number of H-pyrrole nitrogens is 1. The van der Waals surface area contributed by atoms with Crippen LogP contribution in [0.4, 0.5) is 11.4 Å². The van der Waals surface area contributed by atoms with Gasteiger partial charge in [-0.2, -0.15) is 23.5 Å². The first-order chi connectivity index (χ1) is 14.1. The van der Waals surface area contributed by atoms with Gasteiger partial charge >= 0.3 is 0 Å². The number of anilines is 2. The van der Waals surface area contributed by atoms with Crippen LogP contribution in [-0.2, 0) is 11.5 Å². The minimum atomic E-state index is -0.453. The largest absolute Gasteiger partial charge is 0.379 e. The van der Waals surface area contributed by atoms with Gasteiger partial charge in [0.05, 0.1) is 22.7 Å². The topological polar surface area (TPSA) is 99.8 Å². The van der Waals surface area contributed by atoms with Crippen LogP contribution in [0.2, 0.25) is 5.02 Å². The van der Waals surface area contributed by atoms with E-state index in [9.17, 15) is 9.59 Å². The number of aryl methyl sites for hydroxylation is 1. The van der Waals surface area contributed by atoms with Crippen LogP contribution in [0, 0.1) is 6.92 Å². The molecule has 0 spiro atoms. The van der Waals surface area contributed by atoms with Crippen LogP contribution in [0.3, 0.4) is 0 Å². The number of hydrogen-bond donors (Lipinski definition) is 3. The second-order valence-corrected chi connectivity index (χ2v) is 8.88. The number of hydrogen-bond acceptors (Lipinski definition) is 8. The zero-order valence-corrected chi connectivity index (χ0v) is 18.3. The van der Waals surface area contributed by atoms with E-state index in [2.05, 4.69) is 25.6 Å². The van der Waals surface area contributed by atoms with E-state index in [0.29, 0.717) is 35.2 Å². The van der Waals surface area contributed by atoms with Crippen molar-refractivity contribution in [3.8, 4) is 0 Å². The Bertz CT molecular complexity index is 1020. The molecule has 29 heavy (non-hydrogen) atoms. The lowest BCUT2D eigenvalue weighted by molar-refractivity contribution is 1.14. The van der Waals surface area contributed by atoms with E-state index in [1.54, 1.807) is 42.1 Å². The highest BCUT2D eigenvalue weighted by Gasteiger charge is 2.19. The molecule has 3 rings (SSSR count). The van der Waals surface area contributed by atoms with Crippen LogP contribution in [0.15, 0.2) is 34.2 Å². The molecule has 10 heteroatoms. The Morgan fingerprint density at radius 1 is 1.03 bits per heavy atom. The molecule has 0 unspecified atom stereocenters. The molecule has 0 atom stereocenters. The number of nitrogens with zero attached hydrogens (tertiary/aromatic N) is 2. The Balaban J connectivity index is 1.36. The number of thioether (sulfide) groups is 2. The van der Waals surface area contributed by atoms with Gasteiger partial charge in [-0.05, 0) is 19.1 Å². The number of rotatable bonds is 12. The second kappa shape index (κ2) is 10.7. The van der Waals surface area contributed by atoms with Crippen LogP contribution in [-0.4, -0.2) is 39.5 Å². The van der Waals surface area contributed by atoms with Gasteiger partial charge in [0.25, 0.3) is 10.9 Å². The van der Waals surface area contributed by atoms with E-state index < -0.39 is 10.9 Å². The summed E-state index contributed by atoms with van der Waals surface area (Å²) in [6.45, 7) is 3.17. The zero-order chi connectivity index (χ0) is 20.6. The number of nitrogens with one attached hydrogen (secondary N) is 3. The Morgan fingerprint density at radius 3 is 2.28 bits per heavy atom. The van der Waals surface area contributed by atoms with Crippen LogP contribution < -0.4 is 21.5 Å². The van der Waals surface area contributed by atoms with E-state index in [0.717, 1.165) is 34.3 Å². The fraction of sp³-hybridized carbons (Fsp3) is 0.368. The fourth-order valence-corrected chi connectivity index (χ4v) is 4.60. The summed E-state index contributed by atoms with van der Waals surface area (Å²) in [5.41, 5.74) is 2.84. The molecule has 3 aromatic rings. The summed E-state index contributed by atoms with van der Waals surface area (Å²) in [5, 5.41) is 6.81. The molecule has 0 aliphatic carbocycles. The summed E-state index contributed by atoms with van der Waals surface area (Å²) in [4.78, 5) is 35.2. The maximum Gasteiger partial charge on any atom is 0.253 e. The van der Waals surface area contributed by atoms with E-state index in [4.69, 9.17) is 11.6 Å². The molecule has 3 N–H and O–H groups in total. The van der Waals surface area contributed by atoms with Gasteiger partial charge in [0, 0.05) is 48.0 Å². The predicted molar refractivity (Wildman–Crippen MR) is 123 cm³/mol. The molecule has 1 aromatic carbocycles. The van der Waals surface area contributed by atoms with Gasteiger partial charge < -0.3 is 15.6 Å². The van der Waals surface area contributed by atoms with E-state index in [1.807, 2.05) is 13.0 Å². The van der Waals surface area contributed by atoms with Crippen LogP contribution >= 0.6 is 35.1 Å². The Labute approximate surface area is 182 Å². The summed E-state index contributed by atoms with van der Waals surface area (Å²) < 4.78 is 0. The minimum absolute atomic E-state index is 0.390. The highest BCUT2D eigenvalue weighted by molar-refractivity contribution is 7.98. The molecule has 0 bridgehead atoms. The molecular formula is C19H22ClN5O2S2. The normalized spacial score (nSPS) is 11.1. The third-order valence-electron chi connectivity index (χ3n) is 4.26. The van der Waals surface area contributed by atoms with Gasteiger partial charge in [0.1, 0.15) is 11.4 Å². The van der Waals surface area contributed by atoms with Gasteiger partial charge in [-0.1, -0.05) is 11.6 Å². The van der Waals surface area contributed by atoms with Gasteiger partial charge in [-0.15, -0.1) is 0 Å². The zero-order valence-electron chi connectivity index (χ0n) is 16.0. The van der Waals surface area contributed by atoms with Crippen LogP contribution in [0.25, 0.3) is 0 Å². The van der Waals surface area contributed by atoms with Gasteiger partial charge in [-0.25, -0.2) is 4.98 Å². The first-order valence-corrected chi connectivity index (χ1v) is 11.8. The molecule has 7 nitrogen and oxygen atoms in total. The first kappa shape index (κ1) is 21.7. The van der Waals surface area contributed by atoms with Gasteiger partial charge in [0.2, 0.25) is 0 Å². The summed E-state index contributed by atoms with van der Waals surface area (Å²) >= 11 is 9.48. The van der Waals surface area contributed by atoms with Crippen molar-refractivity contribution < 1.29 is 0 Å². The minimum Gasteiger partial charge on any atom is -0.379 e. The molecule has 2 aromatic heterocycles. The molecule has 0 amide bonds. The molecular weight excluding hydrogens is 430 g/mol. The Kier molecular flexibility index (Phi) is 8.02. The van der Waals surface area contributed by atoms with Crippen LogP contribution in [0.5, 0.6) is 0 Å². The molecule has 0 saturated heterocycles. The van der Waals surface area contributed by atoms with Crippen molar-refractivity contribution in [1.82, 2.24) is 15.0 Å². The number of halogens is 1. The monoisotopic (exact) mass is 451 g/mol. The number of aromatic amines is 1. The lowest BCUT2D eigenvalue weighted by Crippen LogP contribution is -2.38. The maximum absolute atomic E-state index is 11.8. The van der Waals surface area contributed by atoms with Crippen molar-refractivity contribution in [2.75, 3.05) is 35.2 Å². The lowest BCUT2D eigenvalue weighted by atomic mass is 10.2. The quantitative estimate of drug-likeness (QED) is 0.285. The van der Waals surface area contributed by atoms with Crippen molar-refractivity contribution >= 4 is 46.5 Å². The van der Waals surface area contributed by atoms with Crippen LogP contribution in [0.1, 0.15) is 17.1 Å². The maximum atomic E-state index is 11.8. The van der Waals surface area contributed by atoms with Gasteiger partial charge in [0.15, 0.2) is 0 Å². The van der Waals surface area contributed by atoms with Crippen molar-refractivity contribution in [3.05, 3.63) is 67.2 Å². The molecule has 0 radical (unpaired) electrons. The molecule has 2 heterocycles. The highest BCUT2D eigenvalue weighted by Crippen LogP contribution is 2.19. The summed E-state index contributed by atoms with van der Waals surface area (Å²) in [6, 6.07) is 3.62. The first-order valence-electron chi connectivity index (χ1n) is 9.12. The lowest BCUT2D eigenvalue weighted by Gasteiger charge is -2.14. The molecule has 154 valence electrons. The third kappa shape index (κ3) is 5.77. The van der Waals surface area contributed by atoms with E-state index >= 15 is 0 Å². The summed E-state index contributed by atoms with van der Waals surface area (Å²) in [5.74, 6) is 3.12. The van der Waals surface area contributed by atoms with Crippen molar-refractivity contribution in [1.29, 1.82) is 0 Å². The molecule has 0 fully saturated rings. The Hall–Kier alpha value is -1.97. The van der Waals surface area contributed by atoms with Gasteiger partial charge in [-0.3, -0.25) is 14.6 Å². The molecule has 0 aliphatic heterocycles. The number of aromatic nitrogens is 3. The number of pyridine rings is 1.